The van der Waals surface area contributed by atoms with E-state index in [-0.39, 0.29) is 5.91 Å². The summed E-state index contributed by atoms with van der Waals surface area (Å²) in [4.78, 5) is 13.0. The predicted octanol–water partition coefficient (Wildman–Crippen LogP) is 0.891. The lowest BCUT2D eigenvalue weighted by atomic mass is 10.2. The number of hydrogen-bond acceptors (Lipinski definition) is 2. The second-order valence-corrected chi connectivity index (χ2v) is 3.80. The van der Waals surface area contributed by atoms with Crippen molar-refractivity contribution >= 4 is 11.7 Å². The quantitative estimate of drug-likeness (QED) is 0.664. The average molecular weight is 193 g/mol. The SMILES string of the molecule is CC(=O)N(C)c1c2c(nn1C)CCC2. The number of anilines is 1. The molecule has 2 rings (SSSR count). The summed E-state index contributed by atoms with van der Waals surface area (Å²) in [5.74, 6) is 1.02. The van der Waals surface area contributed by atoms with Crippen LogP contribution in [0.15, 0.2) is 0 Å². The van der Waals surface area contributed by atoms with Crippen molar-refractivity contribution in [2.45, 2.75) is 26.2 Å². The molecule has 0 fully saturated rings. The highest BCUT2D eigenvalue weighted by atomic mass is 16.2. The van der Waals surface area contributed by atoms with E-state index in [4.69, 9.17) is 0 Å². The molecule has 14 heavy (non-hydrogen) atoms. The van der Waals surface area contributed by atoms with Crippen LogP contribution in [0.1, 0.15) is 24.6 Å². The molecule has 1 aromatic rings. The molecule has 0 radical (unpaired) electrons. The Bertz CT molecular complexity index is 381. The predicted molar refractivity (Wildman–Crippen MR) is 54.3 cm³/mol. The fraction of sp³-hybridized carbons (Fsp3) is 0.600. The van der Waals surface area contributed by atoms with Gasteiger partial charge < -0.3 is 4.90 Å². The number of aromatic nitrogens is 2. The highest BCUT2D eigenvalue weighted by molar-refractivity contribution is 5.90. The Morgan fingerprint density at radius 2 is 2.21 bits per heavy atom. The average Bonchev–Trinajstić information content (AvgIpc) is 2.62. The lowest BCUT2D eigenvalue weighted by Gasteiger charge is -2.16. The molecule has 4 nitrogen and oxygen atoms in total. The first-order chi connectivity index (χ1) is 6.61. The molecule has 4 heteroatoms. The Hall–Kier alpha value is -1.32. The van der Waals surface area contributed by atoms with Gasteiger partial charge in [-0.2, -0.15) is 5.10 Å². The van der Waals surface area contributed by atoms with Crippen molar-refractivity contribution in [3.05, 3.63) is 11.3 Å². The molecule has 1 aliphatic rings. The van der Waals surface area contributed by atoms with Gasteiger partial charge in [0, 0.05) is 26.6 Å². The minimum atomic E-state index is 0.0581. The molecule has 0 aromatic carbocycles. The Balaban J connectivity index is 2.46. The van der Waals surface area contributed by atoms with E-state index >= 15 is 0 Å². The van der Waals surface area contributed by atoms with Crippen molar-refractivity contribution in [2.24, 2.45) is 7.05 Å². The van der Waals surface area contributed by atoms with Crippen LogP contribution in [0.3, 0.4) is 0 Å². The Kier molecular flexibility index (Phi) is 2.06. The maximum atomic E-state index is 11.3. The van der Waals surface area contributed by atoms with Crippen LogP contribution in [0.4, 0.5) is 5.82 Å². The summed E-state index contributed by atoms with van der Waals surface area (Å²) in [6.45, 7) is 1.58. The zero-order valence-electron chi connectivity index (χ0n) is 8.87. The van der Waals surface area contributed by atoms with Gasteiger partial charge in [0.25, 0.3) is 0 Å². The molecule has 0 spiro atoms. The van der Waals surface area contributed by atoms with E-state index in [1.54, 1.807) is 18.9 Å². The number of carbonyl (C=O) groups excluding carboxylic acids is 1. The second kappa shape index (κ2) is 3.12. The summed E-state index contributed by atoms with van der Waals surface area (Å²) < 4.78 is 1.81. The molecule has 0 saturated carbocycles. The Morgan fingerprint density at radius 1 is 1.50 bits per heavy atom. The van der Waals surface area contributed by atoms with E-state index in [0.717, 1.165) is 30.8 Å². The smallest absolute Gasteiger partial charge is 0.224 e. The summed E-state index contributed by atoms with van der Waals surface area (Å²) >= 11 is 0. The minimum absolute atomic E-state index is 0.0581. The third-order valence-electron chi connectivity index (χ3n) is 2.83. The summed E-state index contributed by atoms with van der Waals surface area (Å²) in [5.41, 5.74) is 2.42. The zero-order chi connectivity index (χ0) is 10.3. The molecule has 1 heterocycles. The maximum Gasteiger partial charge on any atom is 0.224 e. The van der Waals surface area contributed by atoms with Crippen molar-refractivity contribution in [1.82, 2.24) is 9.78 Å². The van der Waals surface area contributed by atoms with Gasteiger partial charge in [-0.3, -0.25) is 9.48 Å². The summed E-state index contributed by atoms with van der Waals surface area (Å²) in [6.07, 6.45) is 3.27. The Morgan fingerprint density at radius 3 is 2.86 bits per heavy atom. The normalized spacial score (nSPS) is 14.2. The molecule has 0 atom stereocenters. The summed E-state index contributed by atoms with van der Waals surface area (Å²) in [6, 6.07) is 0. The molecule has 0 N–H and O–H groups in total. The number of fused-ring (bicyclic) bond motifs is 1. The Labute approximate surface area is 83.5 Å². The van der Waals surface area contributed by atoms with Crippen LogP contribution in [0.5, 0.6) is 0 Å². The fourth-order valence-electron chi connectivity index (χ4n) is 2.07. The third kappa shape index (κ3) is 1.22. The number of nitrogens with zero attached hydrogens (tertiary/aromatic N) is 3. The standard InChI is InChI=1S/C10H15N3O/c1-7(14)12(2)10-8-5-4-6-9(8)11-13(10)3/h4-6H2,1-3H3. The number of rotatable bonds is 1. The van der Waals surface area contributed by atoms with Gasteiger partial charge in [-0.25, -0.2) is 0 Å². The second-order valence-electron chi connectivity index (χ2n) is 3.80. The molecule has 76 valence electrons. The molecular weight excluding hydrogens is 178 g/mol. The molecular formula is C10H15N3O. The van der Waals surface area contributed by atoms with Gasteiger partial charge >= 0.3 is 0 Å². The van der Waals surface area contributed by atoms with Gasteiger partial charge in [-0.15, -0.1) is 0 Å². The first-order valence-electron chi connectivity index (χ1n) is 4.90. The maximum absolute atomic E-state index is 11.3. The van der Waals surface area contributed by atoms with E-state index in [2.05, 4.69) is 5.10 Å². The van der Waals surface area contributed by atoms with E-state index < -0.39 is 0 Å². The topological polar surface area (TPSA) is 38.1 Å². The van der Waals surface area contributed by atoms with Crippen LogP contribution in [0.2, 0.25) is 0 Å². The van der Waals surface area contributed by atoms with Crippen LogP contribution in [-0.2, 0) is 24.7 Å². The van der Waals surface area contributed by atoms with Crippen LogP contribution >= 0.6 is 0 Å². The van der Waals surface area contributed by atoms with Gasteiger partial charge in [0.05, 0.1) is 5.69 Å². The number of amides is 1. The molecule has 0 unspecified atom stereocenters. The molecule has 0 saturated heterocycles. The largest absolute Gasteiger partial charge is 0.300 e. The monoisotopic (exact) mass is 193 g/mol. The van der Waals surface area contributed by atoms with Crippen LogP contribution in [-0.4, -0.2) is 22.7 Å². The van der Waals surface area contributed by atoms with Crippen LogP contribution in [0, 0.1) is 0 Å². The zero-order valence-corrected chi connectivity index (χ0v) is 8.87. The molecule has 0 bridgehead atoms. The van der Waals surface area contributed by atoms with Gasteiger partial charge in [-0.1, -0.05) is 0 Å². The van der Waals surface area contributed by atoms with E-state index in [1.807, 2.05) is 11.7 Å². The lowest BCUT2D eigenvalue weighted by Crippen LogP contribution is -2.26. The van der Waals surface area contributed by atoms with E-state index in [0.29, 0.717) is 0 Å². The number of aryl methyl sites for hydroxylation is 2. The van der Waals surface area contributed by atoms with Crippen LogP contribution < -0.4 is 4.90 Å². The number of hydrogen-bond donors (Lipinski definition) is 0. The van der Waals surface area contributed by atoms with E-state index in [1.165, 1.54) is 5.56 Å². The number of carbonyl (C=O) groups is 1. The molecule has 1 aromatic heterocycles. The van der Waals surface area contributed by atoms with Crippen molar-refractivity contribution in [3.63, 3.8) is 0 Å². The van der Waals surface area contributed by atoms with Crippen molar-refractivity contribution in [2.75, 3.05) is 11.9 Å². The van der Waals surface area contributed by atoms with Gasteiger partial charge in [0.1, 0.15) is 5.82 Å². The van der Waals surface area contributed by atoms with Crippen LogP contribution in [0.25, 0.3) is 0 Å². The van der Waals surface area contributed by atoms with Gasteiger partial charge in [0.2, 0.25) is 5.91 Å². The van der Waals surface area contributed by atoms with E-state index in [9.17, 15) is 4.79 Å². The lowest BCUT2D eigenvalue weighted by molar-refractivity contribution is -0.116. The first kappa shape index (κ1) is 9.24. The molecule has 1 amide bonds. The molecule has 0 aliphatic heterocycles. The summed E-state index contributed by atoms with van der Waals surface area (Å²) in [7, 11) is 3.70. The third-order valence-corrected chi connectivity index (χ3v) is 2.83. The van der Waals surface area contributed by atoms with Gasteiger partial charge in [0.15, 0.2) is 0 Å². The fourth-order valence-corrected chi connectivity index (χ4v) is 2.07. The van der Waals surface area contributed by atoms with Gasteiger partial charge in [-0.05, 0) is 19.3 Å². The first-order valence-corrected chi connectivity index (χ1v) is 4.90. The highest BCUT2D eigenvalue weighted by Gasteiger charge is 2.24. The molecule has 1 aliphatic carbocycles. The van der Waals surface area contributed by atoms with Crippen molar-refractivity contribution in [1.29, 1.82) is 0 Å². The minimum Gasteiger partial charge on any atom is -0.300 e. The van der Waals surface area contributed by atoms with Crippen molar-refractivity contribution in [3.8, 4) is 0 Å². The summed E-state index contributed by atoms with van der Waals surface area (Å²) in [5, 5.41) is 4.42. The highest BCUT2D eigenvalue weighted by Crippen LogP contribution is 2.29. The van der Waals surface area contributed by atoms with Crippen molar-refractivity contribution < 1.29 is 4.79 Å².